The van der Waals surface area contributed by atoms with Crippen LogP contribution in [0.3, 0.4) is 0 Å². The minimum Gasteiger partial charge on any atom is -0.373 e. The van der Waals surface area contributed by atoms with Crippen LogP contribution in [0.25, 0.3) is 11.3 Å². The molecule has 0 amide bonds. The topological polar surface area (TPSA) is 53.9 Å². The molecule has 27 heavy (non-hydrogen) atoms. The Bertz CT molecular complexity index is 1000. The predicted molar refractivity (Wildman–Crippen MR) is 110 cm³/mol. The zero-order valence-corrected chi connectivity index (χ0v) is 16.5. The highest BCUT2D eigenvalue weighted by Gasteiger charge is 2.20. The summed E-state index contributed by atoms with van der Waals surface area (Å²) >= 11 is 6.46. The largest absolute Gasteiger partial charge is 0.373 e. The third-order valence-electron chi connectivity index (χ3n) is 4.99. The lowest BCUT2D eigenvalue weighted by Gasteiger charge is -2.30. The third kappa shape index (κ3) is 3.47. The molecule has 0 atom stereocenters. The van der Waals surface area contributed by atoms with Crippen molar-refractivity contribution in [3.8, 4) is 11.3 Å². The predicted octanol–water partition coefficient (Wildman–Crippen LogP) is 4.41. The number of hydrogen-bond donors (Lipinski definition) is 1. The molecule has 0 aromatic carbocycles. The van der Waals surface area contributed by atoms with Crippen molar-refractivity contribution < 1.29 is 0 Å². The molecule has 0 bridgehead atoms. The zero-order valence-electron chi connectivity index (χ0n) is 15.8. The average molecular weight is 380 g/mol. The Hall–Kier alpha value is -2.66. The molecule has 0 saturated carbocycles. The van der Waals surface area contributed by atoms with E-state index in [4.69, 9.17) is 11.6 Å². The van der Waals surface area contributed by atoms with Gasteiger partial charge in [0.15, 0.2) is 0 Å². The van der Waals surface area contributed by atoms with Gasteiger partial charge in [-0.3, -0.25) is 4.98 Å². The van der Waals surface area contributed by atoms with Gasteiger partial charge in [0.2, 0.25) is 0 Å². The maximum absolute atomic E-state index is 6.46. The van der Waals surface area contributed by atoms with E-state index in [2.05, 4.69) is 44.2 Å². The maximum atomic E-state index is 6.46. The first-order chi connectivity index (χ1) is 13.0. The Morgan fingerprint density at radius 2 is 1.85 bits per heavy atom. The van der Waals surface area contributed by atoms with Crippen molar-refractivity contribution in [2.75, 3.05) is 23.8 Å². The van der Waals surface area contributed by atoms with E-state index >= 15 is 0 Å². The van der Waals surface area contributed by atoms with Crippen LogP contribution < -0.4 is 10.2 Å². The summed E-state index contributed by atoms with van der Waals surface area (Å²) in [6, 6.07) is 6.31. The lowest BCUT2D eigenvalue weighted by molar-refractivity contribution is 0.717. The van der Waals surface area contributed by atoms with Crippen molar-refractivity contribution in [2.24, 2.45) is 0 Å². The van der Waals surface area contributed by atoms with Crippen LogP contribution in [0.1, 0.15) is 22.3 Å². The zero-order chi connectivity index (χ0) is 19.0. The highest BCUT2D eigenvalue weighted by atomic mass is 35.5. The van der Waals surface area contributed by atoms with Crippen molar-refractivity contribution in [2.45, 2.75) is 26.8 Å². The van der Waals surface area contributed by atoms with E-state index in [1.165, 1.54) is 11.1 Å². The lowest BCUT2D eigenvalue weighted by atomic mass is 10.0. The lowest BCUT2D eigenvalue weighted by Crippen LogP contribution is -2.31. The van der Waals surface area contributed by atoms with Gasteiger partial charge in [0, 0.05) is 44.3 Å². The van der Waals surface area contributed by atoms with Crippen LogP contribution in [-0.4, -0.2) is 28.5 Å². The van der Waals surface area contributed by atoms with Crippen LogP contribution in [0.15, 0.2) is 36.8 Å². The van der Waals surface area contributed by atoms with Crippen LogP contribution in [-0.2, 0) is 13.0 Å². The number of anilines is 2. The Morgan fingerprint density at radius 1 is 1.00 bits per heavy atom. The number of nitrogens with one attached hydrogen (secondary N) is 1. The van der Waals surface area contributed by atoms with Gasteiger partial charge in [-0.2, -0.15) is 0 Å². The van der Waals surface area contributed by atoms with Crippen LogP contribution >= 0.6 is 11.6 Å². The molecule has 3 aromatic heterocycles. The Balaban J connectivity index is 1.67. The fourth-order valence-corrected chi connectivity index (χ4v) is 3.75. The van der Waals surface area contributed by atoms with Crippen molar-refractivity contribution in [3.05, 3.63) is 64.1 Å². The molecule has 0 radical (unpaired) electrons. The maximum Gasteiger partial charge on any atom is 0.129 e. The second kappa shape index (κ2) is 7.16. The quantitative estimate of drug-likeness (QED) is 0.730. The first kappa shape index (κ1) is 17.7. The SMILES string of the molecule is CNc1cc2c(cn1)CN(c1cc(-c3ncc(C)cc3C)c(Cl)cn1)CC2. The van der Waals surface area contributed by atoms with Gasteiger partial charge in [-0.15, -0.1) is 0 Å². The molecule has 3 aromatic rings. The molecule has 1 aliphatic rings. The summed E-state index contributed by atoms with van der Waals surface area (Å²) in [6.07, 6.45) is 6.52. The minimum atomic E-state index is 0.621. The molecular weight excluding hydrogens is 358 g/mol. The average Bonchev–Trinajstić information content (AvgIpc) is 2.68. The van der Waals surface area contributed by atoms with Gasteiger partial charge in [-0.25, -0.2) is 9.97 Å². The molecule has 0 aliphatic carbocycles. The highest BCUT2D eigenvalue weighted by Crippen LogP contribution is 2.33. The number of pyridine rings is 3. The van der Waals surface area contributed by atoms with Crippen molar-refractivity contribution in [3.63, 3.8) is 0 Å². The monoisotopic (exact) mass is 379 g/mol. The smallest absolute Gasteiger partial charge is 0.129 e. The first-order valence-corrected chi connectivity index (χ1v) is 9.42. The molecule has 0 spiro atoms. The van der Waals surface area contributed by atoms with E-state index in [0.717, 1.165) is 53.5 Å². The van der Waals surface area contributed by atoms with E-state index in [-0.39, 0.29) is 0 Å². The van der Waals surface area contributed by atoms with Gasteiger partial charge in [0.05, 0.1) is 10.7 Å². The Kier molecular flexibility index (Phi) is 4.70. The van der Waals surface area contributed by atoms with E-state index in [1.54, 1.807) is 6.20 Å². The number of hydrogen-bond acceptors (Lipinski definition) is 5. The summed E-state index contributed by atoms with van der Waals surface area (Å²) in [5.41, 5.74) is 6.67. The second-order valence-electron chi connectivity index (χ2n) is 6.96. The van der Waals surface area contributed by atoms with Crippen molar-refractivity contribution in [1.29, 1.82) is 0 Å². The molecule has 138 valence electrons. The summed E-state index contributed by atoms with van der Waals surface area (Å²) in [7, 11) is 1.89. The summed E-state index contributed by atoms with van der Waals surface area (Å²) in [5.74, 6) is 1.83. The summed E-state index contributed by atoms with van der Waals surface area (Å²) < 4.78 is 0. The van der Waals surface area contributed by atoms with Gasteiger partial charge in [-0.05, 0) is 54.7 Å². The van der Waals surface area contributed by atoms with Gasteiger partial charge in [0.25, 0.3) is 0 Å². The Labute approximate surface area is 164 Å². The van der Waals surface area contributed by atoms with E-state index < -0.39 is 0 Å². The second-order valence-corrected chi connectivity index (χ2v) is 7.37. The fraction of sp³-hybridized carbons (Fsp3) is 0.286. The molecule has 0 saturated heterocycles. The number of nitrogens with zero attached hydrogens (tertiary/aromatic N) is 4. The highest BCUT2D eigenvalue weighted by molar-refractivity contribution is 6.33. The molecule has 4 rings (SSSR count). The van der Waals surface area contributed by atoms with E-state index in [1.807, 2.05) is 32.4 Å². The summed E-state index contributed by atoms with van der Waals surface area (Å²) in [6.45, 7) is 5.81. The Morgan fingerprint density at radius 3 is 2.63 bits per heavy atom. The van der Waals surface area contributed by atoms with Crippen molar-refractivity contribution in [1.82, 2.24) is 15.0 Å². The number of aromatic nitrogens is 3. The molecule has 5 nitrogen and oxygen atoms in total. The van der Waals surface area contributed by atoms with Gasteiger partial charge < -0.3 is 10.2 Å². The first-order valence-electron chi connectivity index (χ1n) is 9.05. The van der Waals surface area contributed by atoms with Gasteiger partial charge in [0.1, 0.15) is 11.6 Å². The summed E-state index contributed by atoms with van der Waals surface area (Å²) in [4.78, 5) is 15.9. The molecule has 0 fully saturated rings. The number of rotatable bonds is 3. The molecule has 6 heteroatoms. The van der Waals surface area contributed by atoms with E-state index in [9.17, 15) is 0 Å². The van der Waals surface area contributed by atoms with Crippen LogP contribution in [0.5, 0.6) is 0 Å². The molecule has 0 unspecified atom stereocenters. The van der Waals surface area contributed by atoms with Crippen LogP contribution in [0, 0.1) is 13.8 Å². The third-order valence-corrected chi connectivity index (χ3v) is 5.29. The molecule has 1 N–H and O–H groups in total. The normalized spacial score (nSPS) is 13.4. The summed E-state index contributed by atoms with van der Waals surface area (Å²) in [5, 5.41) is 3.72. The number of aryl methyl sites for hydroxylation is 2. The molecule has 4 heterocycles. The van der Waals surface area contributed by atoms with Crippen LogP contribution in [0.2, 0.25) is 5.02 Å². The fourth-order valence-electron chi connectivity index (χ4n) is 3.55. The molecule has 1 aliphatic heterocycles. The van der Waals surface area contributed by atoms with E-state index in [0.29, 0.717) is 5.02 Å². The standard InChI is InChI=1S/C21H22ClN5/c1-13-6-14(2)21(26-9-13)17-8-20(25-11-18(17)22)27-5-4-15-7-19(23-3)24-10-16(15)12-27/h6-11H,4-5,12H2,1-3H3,(H,23,24). The van der Waals surface area contributed by atoms with Gasteiger partial charge in [-0.1, -0.05) is 17.7 Å². The van der Waals surface area contributed by atoms with Crippen LogP contribution in [0.4, 0.5) is 11.6 Å². The van der Waals surface area contributed by atoms with Crippen molar-refractivity contribution >= 4 is 23.2 Å². The molecular formula is C21H22ClN5. The number of fused-ring (bicyclic) bond motifs is 1. The number of halogens is 1. The minimum absolute atomic E-state index is 0.621. The van der Waals surface area contributed by atoms with Gasteiger partial charge >= 0.3 is 0 Å².